The van der Waals surface area contributed by atoms with E-state index in [-0.39, 0.29) is 18.0 Å². The monoisotopic (exact) mass is 298 g/mol. The van der Waals surface area contributed by atoms with E-state index in [9.17, 15) is 9.18 Å². The highest BCUT2D eigenvalue weighted by Crippen LogP contribution is 2.34. The molecule has 0 atom stereocenters. The molecule has 2 nitrogen and oxygen atoms in total. The van der Waals surface area contributed by atoms with Gasteiger partial charge in [0.15, 0.2) is 5.78 Å². The largest absolute Gasteiger partial charge is 0.367 e. The zero-order chi connectivity index (χ0) is 14.6. The molecule has 0 saturated heterocycles. The number of hydrogen-bond acceptors (Lipinski definition) is 2. The van der Waals surface area contributed by atoms with Gasteiger partial charge >= 0.3 is 0 Å². The van der Waals surface area contributed by atoms with Crippen LogP contribution in [0.15, 0.2) is 18.2 Å². The first-order valence-electron chi connectivity index (χ1n) is 7.18. The van der Waals surface area contributed by atoms with Crippen molar-refractivity contribution in [3.63, 3.8) is 0 Å². The third-order valence-corrected chi connectivity index (χ3v) is 4.18. The first-order chi connectivity index (χ1) is 9.57. The maximum atomic E-state index is 13.8. The number of halogens is 2. The fourth-order valence-corrected chi connectivity index (χ4v) is 3.11. The maximum Gasteiger partial charge on any atom is 0.169 e. The molecule has 0 aromatic heterocycles. The number of ether oxygens (including phenoxy) is 1. The Morgan fingerprint density at radius 1 is 1.35 bits per heavy atom. The van der Waals surface area contributed by atoms with Crippen LogP contribution in [-0.4, -0.2) is 18.0 Å². The van der Waals surface area contributed by atoms with Gasteiger partial charge in [-0.25, -0.2) is 4.39 Å². The average Bonchev–Trinajstić information content (AvgIpc) is 2.44. The van der Waals surface area contributed by atoms with E-state index in [1.165, 1.54) is 18.2 Å². The minimum absolute atomic E-state index is 0.0276. The van der Waals surface area contributed by atoms with Crippen molar-refractivity contribution in [3.05, 3.63) is 34.6 Å². The molecule has 1 aromatic carbocycles. The van der Waals surface area contributed by atoms with Crippen molar-refractivity contribution in [3.8, 4) is 0 Å². The molecule has 0 N–H and O–H groups in total. The minimum atomic E-state index is -0.720. The lowest BCUT2D eigenvalue weighted by Crippen LogP contribution is -2.44. The summed E-state index contributed by atoms with van der Waals surface area (Å²) in [5.41, 5.74) is -0.367. The number of carbonyl (C=O) groups excluding carboxylic acids is 1. The summed E-state index contributed by atoms with van der Waals surface area (Å²) in [7, 11) is 0. The fourth-order valence-electron chi connectivity index (χ4n) is 2.92. The average molecular weight is 299 g/mol. The first kappa shape index (κ1) is 15.5. The Morgan fingerprint density at radius 3 is 2.70 bits per heavy atom. The zero-order valence-electron chi connectivity index (χ0n) is 11.8. The minimum Gasteiger partial charge on any atom is -0.367 e. The van der Waals surface area contributed by atoms with E-state index in [0.29, 0.717) is 17.2 Å². The van der Waals surface area contributed by atoms with Gasteiger partial charge in [-0.05, 0) is 43.5 Å². The highest BCUT2D eigenvalue weighted by molar-refractivity contribution is 6.30. The van der Waals surface area contributed by atoms with Gasteiger partial charge in [0.1, 0.15) is 11.4 Å². The van der Waals surface area contributed by atoms with Crippen molar-refractivity contribution in [2.45, 2.75) is 51.0 Å². The van der Waals surface area contributed by atoms with Crippen LogP contribution in [0.3, 0.4) is 0 Å². The molecule has 1 aliphatic carbocycles. The molecule has 20 heavy (non-hydrogen) atoms. The summed E-state index contributed by atoms with van der Waals surface area (Å²) in [6.45, 7) is 2.40. The summed E-state index contributed by atoms with van der Waals surface area (Å²) in [6, 6.07) is 4.32. The van der Waals surface area contributed by atoms with E-state index in [0.717, 1.165) is 32.1 Å². The van der Waals surface area contributed by atoms with Crippen molar-refractivity contribution in [1.82, 2.24) is 0 Å². The van der Waals surface area contributed by atoms with Crippen LogP contribution in [0.1, 0.15) is 44.6 Å². The van der Waals surface area contributed by atoms with Crippen LogP contribution in [0.5, 0.6) is 0 Å². The summed E-state index contributed by atoms with van der Waals surface area (Å²) in [5.74, 6) is -0.412. The summed E-state index contributed by atoms with van der Waals surface area (Å²) in [4.78, 5) is 12.6. The van der Waals surface area contributed by atoms with Gasteiger partial charge in [-0.3, -0.25) is 4.79 Å². The molecule has 0 spiro atoms. The second kappa shape index (κ2) is 6.68. The second-order valence-electron chi connectivity index (χ2n) is 5.32. The Hall–Kier alpha value is -0.930. The number of ketones is 1. The van der Waals surface area contributed by atoms with E-state index >= 15 is 0 Å². The normalized spacial score (nSPS) is 17.9. The van der Waals surface area contributed by atoms with Crippen LogP contribution in [0.4, 0.5) is 4.39 Å². The Balaban J connectivity index is 2.18. The molecule has 0 bridgehead atoms. The van der Waals surface area contributed by atoms with Crippen LogP contribution in [-0.2, 0) is 16.0 Å². The molecule has 1 saturated carbocycles. The highest BCUT2D eigenvalue weighted by atomic mass is 35.5. The number of hydrogen-bond donors (Lipinski definition) is 0. The SMILES string of the molecule is CCOC1(C(=O)Cc2cc(Cl)ccc2F)CCCCC1. The molecule has 0 unspecified atom stereocenters. The Kier molecular flexibility index (Phi) is 5.17. The fraction of sp³-hybridized carbons (Fsp3) is 0.562. The van der Waals surface area contributed by atoms with Gasteiger partial charge in [0, 0.05) is 18.1 Å². The zero-order valence-corrected chi connectivity index (χ0v) is 12.5. The molecule has 110 valence electrons. The van der Waals surface area contributed by atoms with Crippen molar-refractivity contribution in [2.24, 2.45) is 0 Å². The number of benzene rings is 1. The van der Waals surface area contributed by atoms with E-state index in [1.54, 1.807) is 0 Å². The molecule has 1 aliphatic rings. The summed E-state index contributed by atoms with van der Waals surface area (Å²) in [5, 5.41) is 0.448. The molecule has 0 amide bonds. The quantitative estimate of drug-likeness (QED) is 0.809. The molecular formula is C16H20ClFO2. The van der Waals surface area contributed by atoms with Crippen LogP contribution >= 0.6 is 11.6 Å². The smallest absolute Gasteiger partial charge is 0.169 e. The third-order valence-electron chi connectivity index (χ3n) is 3.95. The van der Waals surface area contributed by atoms with Crippen molar-refractivity contribution >= 4 is 17.4 Å². The Bertz CT molecular complexity index is 476. The third kappa shape index (κ3) is 3.39. The topological polar surface area (TPSA) is 26.3 Å². The molecule has 4 heteroatoms. The lowest BCUT2D eigenvalue weighted by molar-refractivity contribution is -0.148. The summed E-state index contributed by atoms with van der Waals surface area (Å²) < 4.78 is 19.5. The van der Waals surface area contributed by atoms with Crippen molar-refractivity contribution in [1.29, 1.82) is 0 Å². The lowest BCUT2D eigenvalue weighted by atomic mass is 9.79. The van der Waals surface area contributed by atoms with Gasteiger partial charge in [-0.1, -0.05) is 30.9 Å². The lowest BCUT2D eigenvalue weighted by Gasteiger charge is -2.35. The molecule has 0 aliphatic heterocycles. The van der Waals surface area contributed by atoms with Crippen molar-refractivity contribution < 1.29 is 13.9 Å². The van der Waals surface area contributed by atoms with Crippen LogP contribution in [0.25, 0.3) is 0 Å². The van der Waals surface area contributed by atoms with E-state index < -0.39 is 5.60 Å². The van der Waals surface area contributed by atoms with Gasteiger partial charge < -0.3 is 4.74 Å². The maximum absolute atomic E-state index is 13.8. The van der Waals surface area contributed by atoms with Gasteiger partial charge in [0.05, 0.1) is 0 Å². The van der Waals surface area contributed by atoms with Crippen LogP contribution in [0.2, 0.25) is 5.02 Å². The molecule has 1 aromatic rings. The van der Waals surface area contributed by atoms with Crippen LogP contribution in [0, 0.1) is 5.82 Å². The summed E-state index contributed by atoms with van der Waals surface area (Å²) >= 11 is 5.87. The van der Waals surface area contributed by atoms with E-state index in [2.05, 4.69) is 0 Å². The number of carbonyl (C=O) groups is 1. The van der Waals surface area contributed by atoms with Gasteiger partial charge in [0.25, 0.3) is 0 Å². The Labute approximate surface area is 124 Å². The van der Waals surface area contributed by atoms with E-state index in [4.69, 9.17) is 16.3 Å². The molecule has 2 rings (SSSR count). The number of Topliss-reactive ketones (excluding diaryl/α,β-unsaturated/α-hetero) is 1. The molecule has 0 heterocycles. The predicted molar refractivity (Wildman–Crippen MR) is 77.6 cm³/mol. The molecule has 1 fully saturated rings. The first-order valence-corrected chi connectivity index (χ1v) is 7.56. The van der Waals surface area contributed by atoms with Crippen LogP contribution < -0.4 is 0 Å². The second-order valence-corrected chi connectivity index (χ2v) is 5.76. The van der Waals surface area contributed by atoms with E-state index in [1.807, 2.05) is 6.92 Å². The van der Waals surface area contributed by atoms with Gasteiger partial charge in [-0.15, -0.1) is 0 Å². The molecular weight excluding hydrogens is 279 g/mol. The van der Waals surface area contributed by atoms with Gasteiger partial charge in [0.2, 0.25) is 0 Å². The van der Waals surface area contributed by atoms with Crippen molar-refractivity contribution in [2.75, 3.05) is 6.61 Å². The molecule has 0 radical (unpaired) electrons. The highest BCUT2D eigenvalue weighted by Gasteiger charge is 2.39. The number of rotatable bonds is 5. The summed E-state index contributed by atoms with van der Waals surface area (Å²) in [6.07, 6.45) is 4.64. The van der Waals surface area contributed by atoms with Gasteiger partial charge in [-0.2, -0.15) is 0 Å². The Morgan fingerprint density at radius 2 is 2.05 bits per heavy atom. The standard InChI is InChI=1S/C16H20ClFO2/c1-2-20-16(8-4-3-5-9-16)15(19)11-12-10-13(17)6-7-14(12)18/h6-7,10H,2-5,8-9,11H2,1H3. The predicted octanol–water partition coefficient (Wildman–Crippen LogP) is 4.33.